The van der Waals surface area contributed by atoms with Crippen molar-refractivity contribution in [2.75, 3.05) is 26.2 Å². The molecule has 11 heteroatoms. The molecule has 27 heavy (non-hydrogen) atoms. The van der Waals surface area contributed by atoms with Gasteiger partial charge in [-0.05, 0) is 19.1 Å². The van der Waals surface area contributed by atoms with Crippen LogP contribution in [0.15, 0.2) is 23.1 Å². The number of sulfonamides is 1. The number of rotatable bonds is 3. The number of benzene rings is 1. The lowest BCUT2D eigenvalue weighted by Gasteiger charge is -2.34. The van der Waals surface area contributed by atoms with Gasteiger partial charge in [0.15, 0.2) is 4.90 Å². The summed E-state index contributed by atoms with van der Waals surface area (Å²) in [4.78, 5) is 13.2. The zero-order valence-electron chi connectivity index (χ0n) is 14.6. The quantitative estimate of drug-likeness (QED) is 0.761. The van der Waals surface area contributed by atoms with Crippen molar-refractivity contribution in [1.29, 1.82) is 0 Å². The second-order valence-electron chi connectivity index (χ2n) is 6.12. The SMILES string of the molecule is Cc1nn(C)c(Cl)c1C(=O)N1CCN(S(=O)(=O)c2c(F)cccc2F)CC1. The van der Waals surface area contributed by atoms with Crippen molar-refractivity contribution in [3.63, 3.8) is 0 Å². The highest BCUT2D eigenvalue weighted by Crippen LogP contribution is 2.25. The van der Waals surface area contributed by atoms with Gasteiger partial charge in [0.1, 0.15) is 16.8 Å². The molecule has 0 aliphatic carbocycles. The first kappa shape index (κ1) is 19.7. The van der Waals surface area contributed by atoms with E-state index in [0.29, 0.717) is 5.69 Å². The molecule has 1 amide bonds. The summed E-state index contributed by atoms with van der Waals surface area (Å²) in [5.41, 5.74) is 0.728. The molecule has 7 nitrogen and oxygen atoms in total. The van der Waals surface area contributed by atoms with Gasteiger partial charge in [-0.3, -0.25) is 9.48 Å². The molecule has 1 saturated heterocycles. The van der Waals surface area contributed by atoms with Gasteiger partial charge in [-0.15, -0.1) is 0 Å². The van der Waals surface area contributed by atoms with E-state index >= 15 is 0 Å². The lowest BCUT2D eigenvalue weighted by molar-refractivity contribution is 0.0697. The molecule has 1 aromatic carbocycles. The van der Waals surface area contributed by atoms with Crippen molar-refractivity contribution in [3.8, 4) is 0 Å². The van der Waals surface area contributed by atoms with Crippen LogP contribution < -0.4 is 0 Å². The van der Waals surface area contributed by atoms with Crippen LogP contribution in [0.5, 0.6) is 0 Å². The third-order valence-electron chi connectivity index (χ3n) is 4.41. The van der Waals surface area contributed by atoms with Crippen LogP contribution in [-0.2, 0) is 17.1 Å². The van der Waals surface area contributed by atoms with Crippen LogP contribution in [0.3, 0.4) is 0 Å². The molecule has 2 aromatic rings. The second-order valence-corrected chi connectivity index (χ2v) is 8.35. The number of aryl methyl sites for hydroxylation is 2. The number of hydrogen-bond acceptors (Lipinski definition) is 4. The van der Waals surface area contributed by atoms with Crippen LogP contribution in [-0.4, -0.2) is 59.5 Å². The summed E-state index contributed by atoms with van der Waals surface area (Å²) >= 11 is 6.11. The highest BCUT2D eigenvalue weighted by atomic mass is 35.5. The molecule has 0 N–H and O–H groups in total. The fourth-order valence-electron chi connectivity index (χ4n) is 3.02. The molecule has 2 heterocycles. The molecular formula is C16H17ClF2N4O3S. The molecule has 0 unspecified atom stereocenters. The fraction of sp³-hybridized carbons (Fsp3) is 0.375. The molecule has 146 valence electrons. The Morgan fingerprint density at radius 1 is 1.15 bits per heavy atom. The van der Waals surface area contributed by atoms with Crippen LogP contribution in [0.1, 0.15) is 16.1 Å². The average molecular weight is 419 g/mol. The normalized spacial score (nSPS) is 16.0. The Bertz CT molecular complexity index is 981. The first-order valence-electron chi connectivity index (χ1n) is 8.07. The van der Waals surface area contributed by atoms with Crippen molar-refractivity contribution in [2.24, 2.45) is 7.05 Å². The predicted molar refractivity (Wildman–Crippen MR) is 94.0 cm³/mol. The zero-order valence-corrected chi connectivity index (χ0v) is 16.2. The third kappa shape index (κ3) is 3.44. The Labute approximate surface area is 160 Å². The van der Waals surface area contributed by atoms with Crippen molar-refractivity contribution in [2.45, 2.75) is 11.8 Å². The van der Waals surface area contributed by atoms with E-state index in [1.165, 1.54) is 9.58 Å². The van der Waals surface area contributed by atoms with Gasteiger partial charge in [0.25, 0.3) is 5.91 Å². The van der Waals surface area contributed by atoms with Crippen LogP contribution in [0, 0.1) is 18.6 Å². The first-order valence-corrected chi connectivity index (χ1v) is 9.89. The Morgan fingerprint density at radius 2 is 1.70 bits per heavy atom. The number of halogens is 3. The average Bonchev–Trinajstić information content (AvgIpc) is 2.86. The Hall–Kier alpha value is -2.04. The molecular weight excluding hydrogens is 402 g/mol. The van der Waals surface area contributed by atoms with E-state index < -0.39 is 26.6 Å². The van der Waals surface area contributed by atoms with E-state index in [-0.39, 0.29) is 42.8 Å². The van der Waals surface area contributed by atoms with Crippen LogP contribution >= 0.6 is 11.6 Å². The molecule has 1 aliphatic heterocycles. The van der Waals surface area contributed by atoms with Gasteiger partial charge < -0.3 is 4.90 Å². The topological polar surface area (TPSA) is 75.5 Å². The Morgan fingerprint density at radius 3 is 2.19 bits per heavy atom. The van der Waals surface area contributed by atoms with E-state index in [9.17, 15) is 22.0 Å². The summed E-state index contributed by atoms with van der Waals surface area (Å²) in [6, 6.07) is 2.88. The van der Waals surface area contributed by atoms with Gasteiger partial charge in [-0.2, -0.15) is 9.40 Å². The number of nitrogens with zero attached hydrogens (tertiary/aromatic N) is 4. The van der Waals surface area contributed by atoms with Gasteiger partial charge in [-0.25, -0.2) is 17.2 Å². The smallest absolute Gasteiger partial charge is 0.258 e. The standard InChI is InChI=1S/C16H17ClF2N4O3S/c1-10-13(15(17)21(2)20-10)16(24)22-6-8-23(9-7-22)27(25,26)14-11(18)4-3-5-12(14)19/h3-5H,6-9H2,1-2H3. The number of amides is 1. The van der Waals surface area contributed by atoms with E-state index in [0.717, 1.165) is 22.5 Å². The Balaban J connectivity index is 1.78. The van der Waals surface area contributed by atoms with Crippen molar-refractivity contribution < 1.29 is 22.0 Å². The summed E-state index contributed by atoms with van der Waals surface area (Å²) in [5.74, 6) is -2.66. The van der Waals surface area contributed by atoms with E-state index in [1.807, 2.05) is 0 Å². The minimum absolute atomic E-state index is 0.0683. The van der Waals surface area contributed by atoms with Crippen LogP contribution in [0.25, 0.3) is 0 Å². The molecule has 0 atom stereocenters. The minimum atomic E-state index is -4.35. The zero-order chi connectivity index (χ0) is 19.9. The van der Waals surface area contributed by atoms with E-state index in [4.69, 9.17) is 11.6 Å². The molecule has 0 radical (unpaired) electrons. The van der Waals surface area contributed by atoms with Gasteiger partial charge in [-0.1, -0.05) is 17.7 Å². The lowest BCUT2D eigenvalue weighted by atomic mass is 10.2. The molecule has 0 bridgehead atoms. The molecule has 0 spiro atoms. The molecule has 3 rings (SSSR count). The van der Waals surface area contributed by atoms with Gasteiger partial charge in [0.2, 0.25) is 10.0 Å². The summed E-state index contributed by atoms with van der Waals surface area (Å²) < 4.78 is 55.3. The van der Waals surface area contributed by atoms with E-state index in [1.54, 1.807) is 14.0 Å². The number of aromatic nitrogens is 2. The first-order chi connectivity index (χ1) is 12.6. The number of carbonyl (C=O) groups is 1. The number of piperazine rings is 1. The highest BCUT2D eigenvalue weighted by Gasteiger charge is 2.35. The summed E-state index contributed by atoms with van der Waals surface area (Å²) in [6.45, 7) is 1.62. The molecule has 1 fully saturated rings. The maximum Gasteiger partial charge on any atom is 0.258 e. The summed E-state index contributed by atoms with van der Waals surface area (Å²) in [5, 5.41) is 4.28. The van der Waals surface area contributed by atoms with Crippen molar-refractivity contribution in [3.05, 3.63) is 46.2 Å². The third-order valence-corrected chi connectivity index (χ3v) is 6.79. The second kappa shape index (κ2) is 7.17. The summed E-state index contributed by atoms with van der Waals surface area (Å²) in [6.07, 6.45) is 0. The lowest BCUT2D eigenvalue weighted by Crippen LogP contribution is -2.50. The maximum atomic E-state index is 13.9. The van der Waals surface area contributed by atoms with Gasteiger partial charge in [0, 0.05) is 33.2 Å². The summed E-state index contributed by atoms with van der Waals surface area (Å²) in [7, 11) is -2.74. The van der Waals surface area contributed by atoms with Crippen molar-refractivity contribution in [1.82, 2.24) is 19.0 Å². The van der Waals surface area contributed by atoms with Crippen LogP contribution in [0.2, 0.25) is 5.15 Å². The molecule has 0 saturated carbocycles. The molecule has 1 aliphatic rings. The maximum absolute atomic E-state index is 13.9. The van der Waals surface area contributed by atoms with Gasteiger partial charge in [0.05, 0.1) is 11.3 Å². The van der Waals surface area contributed by atoms with Gasteiger partial charge >= 0.3 is 0 Å². The van der Waals surface area contributed by atoms with Crippen molar-refractivity contribution >= 4 is 27.5 Å². The van der Waals surface area contributed by atoms with Crippen LogP contribution in [0.4, 0.5) is 8.78 Å². The molecule has 1 aromatic heterocycles. The minimum Gasteiger partial charge on any atom is -0.336 e. The monoisotopic (exact) mass is 418 g/mol. The largest absolute Gasteiger partial charge is 0.336 e. The predicted octanol–water partition coefficient (Wildman–Crippen LogP) is 1.81. The fourth-order valence-corrected chi connectivity index (χ4v) is 4.81. The number of carbonyl (C=O) groups excluding carboxylic acids is 1. The van der Waals surface area contributed by atoms with E-state index in [2.05, 4.69) is 5.10 Å². The highest BCUT2D eigenvalue weighted by molar-refractivity contribution is 7.89. The Kier molecular flexibility index (Phi) is 5.24. The number of hydrogen-bond donors (Lipinski definition) is 0.